The molecule has 15 heavy (non-hydrogen) atoms. The van der Waals surface area contributed by atoms with Crippen LogP contribution >= 0.6 is 0 Å². The van der Waals surface area contributed by atoms with Gasteiger partial charge in [0.05, 0.1) is 0 Å². The van der Waals surface area contributed by atoms with Gasteiger partial charge in [-0.3, -0.25) is 4.79 Å². The second-order valence-electron chi connectivity index (χ2n) is 3.39. The first-order chi connectivity index (χ1) is 6.71. The van der Waals surface area contributed by atoms with E-state index in [1.165, 1.54) is 6.92 Å². The smallest absolute Gasteiger partial charge is 0.334 e. The molecule has 0 aliphatic heterocycles. The summed E-state index contributed by atoms with van der Waals surface area (Å²) in [6, 6.07) is -0.448. The van der Waals surface area contributed by atoms with Gasteiger partial charge >= 0.3 is 18.0 Å². The number of carbonyl (C=O) groups is 1. The monoisotopic (exact) mass is 231 g/mol. The summed E-state index contributed by atoms with van der Waals surface area (Å²) in [5.74, 6) is -7.41. The van der Waals surface area contributed by atoms with Crippen LogP contribution in [0.2, 0.25) is 0 Å². The van der Waals surface area contributed by atoms with E-state index in [9.17, 15) is 26.7 Å². The fourth-order valence-corrected chi connectivity index (χ4v) is 1.26. The molecule has 0 aromatic carbocycles. The lowest BCUT2D eigenvalue weighted by atomic mass is 10.2. The molecular formula is C8H10F5NO. The Morgan fingerprint density at radius 3 is 2.00 bits per heavy atom. The molecule has 1 amide bonds. The van der Waals surface area contributed by atoms with E-state index in [2.05, 4.69) is 0 Å². The molecule has 0 radical (unpaired) electrons. The molecule has 0 bridgehead atoms. The molecule has 88 valence electrons. The van der Waals surface area contributed by atoms with Crippen LogP contribution in [0.25, 0.3) is 0 Å². The minimum absolute atomic E-state index is 0.130. The van der Waals surface area contributed by atoms with E-state index in [4.69, 9.17) is 0 Å². The van der Waals surface area contributed by atoms with E-state index < -0.39 is 24.0 Å². The Kier molecular flexibility index (Phi) is 2.93. The predicted octanol–water partition coefficient (Wildman–Crippen LogP) is 2.19. The number of carbonyl (C=O) groups excluding carboxylic acids is 1. The van der Waals surface area contributed by atoms with Gasteiger partial charge in [0.15, 0.2) is 0 Å². The largest absolute Gasteiger partial charge is 0.463 e. The van der Waals surface area contributed by atoms with Crippen molar-refractivity contribution in [3.05, 3.63) is 0 Å². The first-order valence-corrected chi connectivity index (χ1v) is 4.47. The van der Waals surface area contributed by atoms with Crippen molar-refractivity contribution in [1.29, 1.82) is 0 Å². The first kappa shape index (κ1) is 12.2. The maximum Gasteiger partial charge on any atom is 0.463 e. The van der Waals surface area contributed by atoms with Crippen molar-refractivity contribution < 1.29 is 26.7 Å². The van der Waals surface area contributed by atoms with E-state index in [1.807, 2.05) is 0 Å². The fourth-order valence-electron chi connectivity index (χ4n) is 1.26. The zero-order valence-corrected chi connectivity index (χ0v) is 7.94. The third-order valence-corrected chi connectivity index (χ3v) is 2.21. The number of halogens is 5. The minimum atomic E-state index is -5.81. The van der Waals surface area contributed by atoms with Crippen molar-refractivity contribution in [2.45, 2.75) is 37.9 Å². The Labute approximate surface area is 83.0 Å². The van der Waals surface area contributed by atoms with Crippen LogP contribution in [0.3, 0.4) is 0 Å². The molecule has 0 aromatic rings. The van der Waals surface area contributed by atoms with Crippen molar-refractivity contribution in [2.75, 3.05) is 6.54 Å². The van der Waals surface area contributed by atoms with Crippen LogP contribution in [0.4, 0.5) is 22.0 Å². The number of rotatable bonds is 3. The first-order valence-electron chi connectivity index (χ1n) is 4.47. The summed E-state index contributed by atoms with van der Waals surface area (Å²) < 4.78 is 60.9. The van der Waals surface area contributed by atoms with Gasteiger partial charge in [-0.05, 0) is 19.8 Å². The maximum absolute atomic E-state index is 12.6. The fraction of sp³-hybridized carbons (Fsp3) is 0.875. The van der Waals surface area contributed by atoms with Crippen molar-refractivity contribution in [3.8, 4) is 0 Å². The van der Waals surface area contributed by atoms with Crippen LogP contribution in [0.5, 0.6) is 0 Å². The van der Waals surface area contributed by atoms with E-state index in [1.54, 1.807) is 0 Å². The van der Waals surface area contributed by atoms with Crippen molar-refractivity contribution in [1.82, 2.24) is 4.90 Å². The SMILES string of the molecule is CCN(C(=O)C(F)(F)C(F)(F)F)C1CC1. The highest BCUT2D eigenvalue weighted by Crippen LogP contribution is 2.39. The van der Waals surface area contributed by atoms with Gasteiger partial charge in [0.1, 0.15) is 0 Å². The van der Waals surface area contributed by atoms with Gasteiger partial charge < -0.3 is 4.90 Å². The highest BCUT2D eigenvalue weighted by atomic mass is 19.4. The van der Waals surface area contributed by atoms with Gasteiger partial charge in [0.25, 0.3) is 0 Å². The quantitative estimate of drug-likeness (QED) is 0.682. The van der Waals surface area contributed by atoms with Gasteiger partial charge in [-0.15, -0.1) is 0 Å². The van der Waals surface area contributed by atoms with Crippen molar-refractivity contribution >= 4 is 5.91 Å². The molecule has 0 heterocycles. The summed E-state index contributed by atoms with van der Waals surface area (Å²) in [6.45, 7) is 1.25. The van der Waals surface area contributed by atoms with Gasteiger partial charge in [0.2, 0.25) is 0 Å². The Morgan fingerprint density at radius 1 is 1.27 bits per heavy atom. The number of nitrogens with zero attached hydrogens (tertiary/aromatic N) is 1. The molecular weight excluding hydrogens is 221 g/mol. The van der Waals surface area contributed by atoms with Crippen LogP contribution in [-0.4, -0.2) is 35.5 Å². The van der Waals surface area contributed by atoms with Crippen molar-refractivity contribution in [3.63, 3.8) is 0 Å². The average molecular weight is 231 g/mol. The van der Waals surface area contributed by atoms with Crippen LogP contribution < -0.4 is 0 Å². The molecule has 0 aromatic heterocycles. The summed E-state index contributed by atoms with van der Waals surface area (Å²) in [4.78, 5) is 11.6. The number of hydrogen-bond acceptors (Lipinski definition) is 1. The Bertz CT molecular complexity index is 258. The van der Waals surface area contributed by atoms with E-state index in [0.717, 1.165) is 0 Å². The summed E-state index contributed by atoms with van der Waals surface area (Å²) >= 11 is 0. The van der Waals surface area contributed by atoms with Crippen LogP contribution in [0.15, 0.2) is 0 Å². The summed E-state index contributed by atoms with van der Waals surface area (Å²) in [6.07, 6.45) is -4.83. The van der Waals surface area contributed by atoms with Gasteiger partial charge in [0, 0.05) is 12.6 Å². The molecule has 1 aliphatic carbocycles. The standard InChI is InChI=1S/C8H10F5NO/c1-2-14(5-3-4-5)6(15)7(9,10)8(11,12)13/h5H,2-4H2,1H3. The summed E-state index contributed by atoms with van der Waals surface area (Å²) in [7, 11) is 0. The highest BCUT2D eigenvalue weighted by molar-refractivity contribution is 5.85. The predicted molar refractivity (Wildman–Crippen MR) is 41.4 cm³/mol. The van der Waals surface area contributed by atoms with E-state index in [0.29, 0.717) is 17.7 Å². The number of alkyl halides is 5. The third-order valence-electron chi connectivity index (χ3n) is 2.21. The molecule has 0 atom stereocenters. The van der Waals surface area contributed by atoms with E-state index >= 15 is 0 Å². The number of hydrogen-bond donors (Lipinski definition) is 0. The Hall–Kier alpha value is -0.880. The molecule has 1 saturated carbocycles. The normalized spacial score (nSPS) is 17.7. The van der Waals surface area contributed by atoms with Crippen LogP contribution in [0, 0.1) is 0 Å². The second-order valence-corrected chi connectivity index (χ2v) is 3.39. The molecule has 0 saturated heterocycles. The minimum Gasteiger partial charge on any atom is -0.334 e. The Balaban J connectivity index is 2.81. The molecule has 0 unspecified atom stereocenters. The van der Waals surface area contributed by atoms with Gasteiger partial charge in [-0.1, -0.05) is 0 Å². The lowest BCUT2D eigenvalue weighted by Gasteiger charge is -2.26. The maximum atomic E-state index is 12.6. The average Bonchev–Trinajstić information content (AvgIpc) is 2.87. The lowest BCUT2D eigenvalue weighted by Crippen LogP contribution is -2.52. The van der Waals surface area contributed by atoms with Crippen LogP contribution in [-0.2, 0) is 4.79 Å². The molecule has 2 nitrogen and oxygen atoms in total. The van der Waals surface area contributed by atoms with Crippen LogP contribution in [0.1, 0.15) is 19.8 Å². The number of amides is 1. The zero-order valence-electron chi connectivity index (χ0n) is 7.94. The van der Waals surface area contributed by atoms with Gasteiger partial charge in [-0.2, -0.15) is 22.0 Å². The molecule has 1 aliphatic rings. The van der Waals surface area contributed by atoms with Gasteiger partial charge in [-0.25, -0.2) is 0 Å². The molecule has 1 fully saturated rings. The molecule has 7 heteroatoms. The third kappa shape index (κ3) is 2.21. The van der Waals surface area contributed by atoms with Crippen molar-refractivity contribution in [2.24, 2.45) is 0 Å². The van der Waals surface area contributed by atoms with E-state index in [-0.39, 0.29) is 6.54 Å². The summed E-state index contributed by atoms with van der Waals surface area (Å²) in [5, 5.41) is 0. The topological polar surface area (TPSA) is 20.3 Å². The highest BCUT2D eigenvalue weighted by Gasteiger charge is 2.65. The molecule has 1 rings (SSSR count). The molecule has 0 N–H and O–H groups in total. The zero-order chi connectivity index (χ0) is 11.9. The molecule has 0 spiro atoms. The Morgan fingerprint density at radius 2 is 1.73 bits per heavy atom. The second kappa shape index (κ2) is 3.61. The summed E-state index contributed by atoms with van der Waals surface area (Å²) in [5.41, 5.74) is 0. The lowest BCUT2D eigenvalue weighted by molar-refractivity contribution is -0.274.